The van der Waals surface area contributed by atoms with Gasteiger partial charge in [-0.15, -0.1) is 0 Å². The number of carbonyl (C=O) groups excluding carboxylic acids is 1. The van der Waals surface area contributed by atoms with E-state index in [-0.39, 0.29) is 11.9 Å². The maximum Gasteiger partial charge on any atom is 0.220 e. The Morgan fingerprint density at radius 3 is 2.52 bits per heavy atom. The van der Waals surface area contributed by atoms with Gasteiger partial charge in [0.05, 0.1) is 13.2 Å². The number of likely N-dealkylation sites (tertiary alicyclic amines) is 1. The molecule has 5 heteroatoms. The number of aryl methyl sites for hydroxylation is 1. The molecule has 1 aliphatic rings. The van der Waals surface area contributed by atoms with Gasteiger partial charge in [-0.05, 0) is 61.7 Å². The topological polar surface area (TPSA) is 41.6 Å². The van der Waals surface area contributed by atoms with Crippen LogP contribution in [0.3, 0.4) is 0 Å². The zero-order chi connectivity index (χ0) is 19.1. The molecule has 1 fully saturated rings. The van der Waals surface area contributed by atoms with E-state index in [1.54, 1.807) is 7.11 Å². The highest BCUT2D eigenvalue weighted by Gasteiger charge is 2.25. The molecule has 1 unspecified atom stereocenters. The molecule has 3 rings (SSSR count). The third kappa shape index (κ3) is 5.47. The van der Waals surface area contributed by atoms with Crippen LogP contribution in [0.1, 0.15) is 36.4 Å². The summed E-state index contributed by atoms with van der Waals surface area (Å²) in [5.41, 5.74) is 2.23. The van der Waals surface area contributed by atoms with Gasteiger partial charge in [0.15, 0.2) is 0 Å². The van der Waals surface area contributed by atoms with Crippen molar-refractivity contribution < 1.29 is 9.53 Å². The molecule has 1 N–H and O–H groups in total. The van der Waals surface area contributed by atoms with Crippen molar-refractivity contribution in [2.24, 2.45) is 0 Å². The van der Waals surface area contributed by atoms with Gasteiger partial charge in [-0.3, -0.25) is 9.69 Å². The first-order chi connectivity index (χ1) is 13.2. The van der Waals surface area contributed by atoms with Crippen LogP contribution in [-0.2, 0) is 11.2 Å². The number of methoxy groups -OCH3 is 1. The molecule has 0 radical (unpaired) electrons. The molecule has 1 atom stereocenters. The first kappa shape index (κ1) is 19.7. The minimum absolute atomic E-state index is 0.0714. The average molecular weight is 387 g/mol. The van der Waals surface area contributed by atoms with E-state index in [4.69, 9.17) is 16.3 Å². The summed E-state index contributed by atoms with van der Waals surface area (Å²) in [6.45, 7) is 2.69. The van der Waals surface area contributed by atoms with E-state index in [1.165, 1.54) is 12.8 Å². The number of benzene rings is 2. The summed E-state index contributed by atoms with van der Waals surface area (Å²) in [5.74, 6) is 0.901. The van der Waals surface area contributed by atoms with E-state index >= 15 is 0 Å². The van der Waals surface area contributed by atoms with Crippen molar-refractivity contribution in [3.05, 3.63) is 64.7 Å². The van der Waals surface area contributed by atoms with Crippen molar-refractivity contribution in [3.8, 4) is 5.75 Å². The van der Waals surface area contributed by atoms with Crippen molar-refractivity contribution in [1.29, 1.82) is 0 Å². The molecule has 144 valence electrons. The molecule has 2 aromatic carbocycles. The van der Waals surface area contributed by atoms with Gasteiger partial charge in [0.25, 0.3) is 0 Å². The Balaban J connectivity index is 1.56. The molecular formula is C22H27ClN2O2. The van der Waals surface area contributed by atoms with Crippen LogP contribution in [0, 0.1) is 0 Å². The highest BCUT2D eigenvalue weighted by molar-refractivity contribution is 6.31. The lowest BCUT2D eigenvalue weighted by Gasteiger charge is -2.29. The van der Waals surface area contributed by atoms with E-state index in [0.29, 0.717) is 13.0 Å². The summed E-state index contributed by atoms with van der Waals surface area (Å²) in [7, 11) is 1.65. The summed E-state index contributed by atoms with van der Waals surface area (Å²) in [4.78, 5) is 14.8. The maximum absolute atomic E-state index is 12.4. The zero-order valence-electron chi connectivity index (χ0n) is 15.8. The molecule has 4 nitrogen and oxygen atoms in total. The second kappa shape index (κ2) is 9.77. The van der Waals surface area contributed by atoms with E-state index < -0.39 is 0 Å². The second-order valence-electron chi connectivity index (χ2n) is 6.93. The third-order valence-corrected chi connectivity index (χ3v) is 5.48. The van der Waals surface area contributed by atoms with Gasteiger partial charge in [-0.25, -0.2) is 0 Å². The van der Waals surface area contributed by atoms with Crippen LogP contribution in [0.2, 0.25) is 5.02 Å². The van der Waals surface area contributed by atoms with Crippen LogP contribution in [0.4, 0.5) is 0 Å². The Morgan fingerprint density at radius 2 is 1.85 bits per heavy atom. The third-order valence-electron chi connectivity index (χ3n) is 5.14. The molecule has 0 bridgehead atoms. The predicted molar refractivity (Wildman–Crippen MR) is 109 cm³/mol. The molecule has 1 heterocycles. The van der Waals surface area contributed by atoms with Gasteiger partial charge in [-0.2, -0.15) is 0 Å². The summed E-state index contributed by atoms with van der Waals surface area (Å²) >= 11 is 6.43. The van der Waals surface area contributed by atoms with Crippen LogP contribution in [0.25, 0.3) is 0 Å². The smallest absolute Gasteiger partial charge is 0.220 e. The molecular weight excluding hydrogens is 360 g/mol. The lowest BCUT2D eigenvalue weighted by molar-refractivity contribution is -0.121. The van der Waals surface area contributed by atoms with Crippen molar-refractivity contribution in [1.82, 2.24) is 10.2 Å². The lowest BCUT2D eigenvalue weighted by Crippen LogP contribution is -2.37. The number of ether oxygens (including phenoxy) is 1. The van der Waals surface area contributed by atoms with Crippen LogP contribution in [0.15, 0.2) is 48.5 Å². The molecule has 1 aliphatic heterocycles. The van der Waals surface area contributed by atoms with Crippen molar-refractivity contribution in [3.63, 3.8) is 0 Å². The molecule has 0 saturated carbocycles. The number of hydrogen-bond donors (Lipinski definition) is 1. The largest absolute Gasteiger partial charge is 0.497 e. The molecule has 27 heavy (non-hydrogen) atoms. The zero-order valence-corrected chi connectivity index (χ0v) is 16.5. The second-order valence-corrected chi connectivity index (χ2v) is 7.34. The normalized spacial score (nSPS) is 15.5. The molecule has 0 aliphatic carbocycles. The summed E-state index contributed by atoms with van der Waals surface area (Å²) in [6, 6.07) is 15.9. The highest BCUT2D eigenvalue weighted by Crippen LogP contribution is 2.29. The van der Waals surface area contributed by atoms with Crippen LogP contribution < -0.4 is 10.1 Å². The summed E-state index contributed by atoms with van der Waals surface area (Å²) in [5, 5.41) is 3.88. The minimum atomic E-state index is 0.0714. The molecule has 1 saturated heterocycles. The van der Waals surface area contributed by atoms with E-state index in [9.17, 15) is 4.79 Å². The Labute approximate surface area is 166 Å². The SMILES string of the molecule is COc1ccc(CCC(=O)NCC(c2ccccc2Cl)N2CCCC2)cc1. The van der Waals surface area contributed by atoms with E-state index in [0.717, 1.165) is 41.4 Å². The van der Waals surface area contributed by atoms with Crippen molar-refractivity contribution >= 4 is 17.5 Å². The Morgan fingerprint density at radius 1 is 1.15 bits per heavy atom. The quantitative estimate of drug-likeness (QED) is 0.738. The highest BCUT2D eigenvalue weighted by atomic mass is 35.5. The maximum atomic E-state index is 12.4. The lowest BCUT2D eigenvalue weighted by atomic mass is 10.0. The number of rotatable bonds is 8. The number of nitrogens with zero attached hydrogens (tertiary/aromatic N) is 1. The van der Waals surface area contributed by atoms with Gasteiger partial charge in [-0.1, -0.05) is 41.9 Å². The van der Waals surface area contributed by atoms with Crippen molar-refractivity contribution in [2.45, 2.75) is 31.7 Å². The predicted octanol–water partition coefficient (Wildman–Crippen LogP) is 4.23. The number of hydrogen-bond acceptors (Lipinski definition) is 3. The first-order valence-corrected chi connectivity index (χ1v) is 9.93. The minimum Gasteiger partial charge on any atom is -0.497 e. The summed E-state index contributed by atoms with van der Waals surface area (Å²) < 4.78 is 5.17. The number of nitrogens with one attached hydrogen (secondary N) is 1. The van der Waals surface area contributed by atoms with Gasteiger partial charge >= 0.3 is 0 Å². The first-order valence-electron chi connectivity index (χ1n) is 9.55. The monoisotopic (exact) mass is 386 g/mol. The number of amides is 1. The fourth-order valence-electron chi connectivity index (χ4n) is 3.58. The molecule has 2 aromatic rings. The van der Waals surface area contributed by atoms with Gasteiger partial charge < -0.3 is 10.1 Å². The molecule has 1 amide bonds. The van der Waals surface area contributed by atoms with E-state index in [1.807, 2.05) is 42.5 Å². The van der Waals surface area contributed by atoms with Crippen LogP contribution in [0.5, 0.6) is 5.75 Å². The number of halogens is 1. The fraction of sp³-hybridized carbons (Fsp3) is 0.409. The Bertz CT molecular complexity index is 742. The fourth-order valence-corrected chi connectivity index (χ4v) is 3.85. The average Bonchev–Trinajstić information content (AvgIpc) is 3.23. The van der Waals surface area contributed by atoms with E-state index in [2.05, 4.69) is 16.3 Å². The van der Waals surface area contributed by atoms with Gasteiger partial charge in [0.2, 0.25) is 5.91 Å². The van der Waals surface area contributed by atoms with Crippen LogP contribution >= 0.6 is 11.6 Å². The Kier molecular flexibility index (Phi) is 7.13. The van der Waals surface area contributed by atoms with Gasteiger partial charge in [0.1, 0.15) is 5.75 Å². The Hall–Kier alpha value is -2.04. The summed E-state index contributed by atoms with van der Waals surface area (Å²) in [6.07, 6.45) is 3.59. The van der Waals surface area contributed by atoms with Crippen molar-refractivity contribution in [2.75, 3.05) is 26.7 Å². The molecule has 0 spiro atoms. The van der Waals surface area contributed by atoms with Gasteiger partial charge in [0, 0.05) is 18.0 Å². The standard InChI is InChI=1S/C22H27ClN2O2/c1-27-18-11-8-17(9-12-18)10-13-22(26)24-16-21(25-14-4-5-15-25)19-6-2-3-7-20(19)23/h2-3,6-9,11-12,21H,4-5,10,13-16H2,1H3,(H,24,26). The number of carbonyl (C=O) groups is 1. The molecule has 0 aromatic heterocycles. The van der Waals surface area contributed by atoms with Crippen LogP contribution in [-0.4, -0.2) is 37.6 Å².